The van der Waals surface area contributed by atoms with Crippen LogP contribution in [0.3, 0.4) is 0 Å². The Morgan fingerprint density at radius 2 is 1.54 bits per heavy atom. The number of fused-ring (bicyclic) bond motifs is 3. The molecule has 1 unspecified atom stereocenters. The molecule has 1 aromatic heterocycles. The monoisotopic (exact) mass is 518 g/mol. The molecule has 0 aliphatic heterocycles. The van der Waals surface area contributed by atoms with Gasteiger partial charge in [-0.15, -0.1) is 0 Å². The van der Waals surface area contributed by atoms with E-state index in [1.807, 2.05) is 42.5 Å². The lowest BCUT2D eigenvalue weighted by molar-refractivity contribution is -0.138. The smallest absolute Gasteiger partial charge is 0.328 e. The molecule has 0 radical (unpaired) electrons. The van der Waals surface area contributed by atoms with Gasteiger partial charge in [0.05, 0.1) is 6.61 Å². The Labute approximate surface area is 227 Å². The number of hydrogen-bond donors (Lipinski definition) is 2. The largest absolute Gasteiger partial charge is 0.493 e. The van der Waals surface area contributed by atoms with Gasteiger partial charge in [0.25, 0.3) is 0 Å². The van der Waals surface area contributed by atoms with Gasteiger partial charge in [0.15, 0.2) is 11.8 Å². The second-order valence-electron chi connectivity index (χ2n) is 9.68. The summed E-state index contributed by atoms with van der Waals surface area (Å²) in [6, 6.07) is 30.2. The van der Waals surface area contributed by atoms with Crippen molar-refractivity contribution >= 4 is 39.3 Å². The molecule has 5 aromatic rings. The Hall–Kier alpha value is -4.71. The molecular weight excluding hydrogens is 488 g/mol. The number of carboxylic acid groups (broad SMARTS) is 1. The number of aromatic nitrogens is 1. The molecule has 6 heteroatoms. The molecule has 1 atom stereocenters. The third kappa shape index (κ3) is 6.41. The first-order valence-corrected chi connectivity index (χ1v) is 13.0. The van der Waals surface area contributed by atoms with Crippen LogP contribution in [0.5, 0.6) is 5.75 Å². The number of benzene rings is 4. The van der Waals surface area contributed by atoms with E-state index in [0.717, 1.165) is 28.8 Å². The summed E-state index contributed by atoms with van der Waals surface area (Å²) in [5, 5.41) is 12.1. The number of Topliss-reactive ketones (excluding diaryl/α,β-unsaturated/α-hetero) is 1. The summed E-state index contributed by atoms with van der Waals surface area (Å²) in [7, 11) is 0. The van der Waals surface area contributed by atoms with Crippen molar-refractivity contribution < 1.29 is 19.4 Å². The highest BCUT2D eigenvalue weighted by Crippen LogP contribution is 2.26. The summed E-state index contributed by atoms with van der Waals surface area (Å²) in [4.78, 5) is 32.1. The van der Waals surface area contributed by atoms with Gasteiger partial charge in [-0.2, -0.15) is 0 Å². The van der Waals surface area contributed by atoms with E-state index in [0.29, 0.717) is 17.9 Å². The van der Waals surface area contributed by atoms with Crippen molar-refractivity contribution in [2.24, 2.45) is 4.99 Å². The van der Waals surface area contributed by atoms with E-state index in [1.165, 1.54) is 16.3 Å². The van der Waals surface area contributed by atoms with Crippen molar-refractivity contribution in [3.8, 4) is 5.75 Å². The standard InChI is InChI=1S/C33H30N2O4/c1-22(19-32(36)25-7-3-2-4-8-25)34-31(33(37)38)21-23-11-14-26(15-12-23)39-18-17-24-13-16-28-27-9-5-6-10-29(27)35-30(28)20-24/h2-16,20,31,35H,17-19,21H2,1H3,(H,37,38). The number of ether oxygens (including phenoxy) is 1. The van der Waals surface area contributed by atoms with Crippen LogP contribution in [0.1, 0.15) is 34.8 Å². The minimum Gasteiger partial charge on any atom is -0.493 e. The van der Waals surface area contributed by atoms with Gasteiger partial charge in [-0.05, 0) is 42.3 Å². The topological polar surface area (TPSA) is 91.8 Å². The summed E-state index contributed by atoms with van der Waals surface area (Å²) < 4.78 is 5.95. The molecule has 0 bridgehead atoms. The maximum atomic E-state index is 12.4. The van der Waals surface area contributed by atoms with Gasteiger partial charge in [0.2, 0.25) is 0 Å². The van der Waals surface area contributed by atoms with Crippen LogP contribution in [-0.4, -0.2) is 40.2 Å². The fourth-order valence-electron chi connectivity index (χ4n) is 4.75. The van der Waals surface area contributed by atoms with Crippen molar-refractivity contribution in [3.63, 3.8) is 0 Å². The molecule has 0 fully saturated rings. The highest BCUT2D eigenvalue weighted by molar-refractivity contribution is 6.09. The summed E-state index contributed by atoms with van der Waals surface area (Å²) in [6.45, 7) is 2.23. The highest BCUT2D eigenvalue weighted by Gasteiger charge is 2.18. The molecule has 2 N–H and O–H groups in total. The number of aromatic amines is 1. The number of carbonyl (C=O) groups is 2. The van der Waals surface area contributed by atoms with Crippen molar-refractivity contribution in [1.82, 2.24) is 4.98 Å². The van der Waals surface area contributed by atoms with E-state index in [1.54, 1.807) is 31.2 Å². The van der Waals surface area contributed by atoms with E-state index in [2.05, 4.69) is 40.3 Å². The molecule has 6 nitrogen and oxygen atoms in total. The molecule has 0 aliphatic carbocycles. The molecule has 39 heavy (non-hydrogen) atoms. The van der Waals surface area contributed by atoms with Crippen LogP contribution in [0.15, 0.2) is 102 Å². The highest BCUT2D eigenvalue weighted by atomic mass is 16.5. The molecule has 4 aromatic carbocycles. The molecule has 0 aliphatic rings. The van der Waals surface area contributed by atoms with E-state index in [4.69, 9.17) is 4.74 Å². The maximum absolute atomic E-state index is 12.4. The van der Waals surface area contributed by atoms with E-state index < -0.39 is 12.0 Å². The second kappa shape index (κ2) is 11.8. The van der Waals surface area contributed by atoms with E-state index in [-0.39, 0.29) is 18.6 Å². The number of nitrogens with zero attached hydrogens (tertiary/aromatic N) is 1. The van der Waals surface area contributed by atoms with Gasteiger partial charge in [-0.25, -0.2) is 4.79 Å². The Morgan fingerprint density at radius 3 is 2.31 bits per heavy atom. The summed E-state index contributed by atoms with van der Waals surface area (Å²) in [5.74, 6) is -0.372. The Kier molecular flexibility index (Phi) is 7.83. The minimum atomic E-state index is -1.02. The number of carboxylic acids is 1. The van der Waals surface area contributed by atoms with Crippen LogP contribution in [0.4, 0.5) is 0 Å². The van der Waals surface area contributed by atoms with Crippen LogP contribution >= 0.6 is 0 Å². The number of nitrogens with one attached hydrogen (secondary N) is 1. The molecule has 0 amide bonds. The summed E-state index contributed by atoms with van der Waals surface area (Å²) in [6.07, 6.45) is 1.09. The van der Waals surface area contributed by atoms with Crippen LogP contribution in [-0.2, 0) is 17.6 Å². The Balaban J connectivity index is 1.15. The predicted octanol–water partition coefficient (Wildman–Crippen LogP) is 6.67. The molecule has 1 heterocycles. The van der Waals surface area contributed by atoms with Crippen LogP contribution in [0.2, 0.25) is 0 Å². The van der Waals surface area contributed by atoms with Crippen molar-refractivity contribution in [3.05, 3.63) is 114 Å². The lowest BCUT2D eigenvalue weighted by Gasteiger charge is -2.11. The molecular formula is C33H30N2O4. The number of rotatable bonds is 11. The van der Waals surface area contributed by atoms with Crippen LogP contribution in [0, 0.1) is 0 Å². The molecule has 196 valence electrons. The van der Waals surface area contributed by atoms with Gasteiger partial charge < -0.3 is 14.8 Å². The minimum absolute atomic E-state index is 0.0799. The number of para-hydroxylation sites is 1. The zero-order valence-electron chi connectivity index (χ0n) is 21.8. The quantitative estimate of drug-likeness (QED) is 0.151. The SMILES string of the molecule is CC(CC(=O)c1ccccc1)=NC(Cc1ccc(OCCc2ccc3c(c2)[nH]c2ccccc23)cc1)C(=O)O. The first-order valence-electron chi connectivity index (χ1n) is 13.0. The third-order valence-corrected chi connectivity index (χ3v) is 6.76. The first kappa shape index (κ1) is 25.9. The van der Waals surface area contributed by atoms with Gasteiger partial charge in [-0.3, -0.25) is 9.79 Å². The Morgan fingerprint density at radius 1 is 0.846 bits per heavy atom. The van der Waals surface area contributed by atoms with Gasteiger partial charge in [0, 0.05) is 52.3 Å². The van der Waals surface area contributed by atoms with Crippen molar-refractivity contribution in [2.45, 2.75) is 32.2 Å². The van der Waals surface area contributed by atoms with E-state index in [9.17, 15) is 14.7 Å². The number of ketones is 1. The van der Waals surface area contributed by atoms with Crippen LogP contribution < -0.4 is 4.74 Å². The number of H-pyrrole nitrogens is 1. The Bertz CT molecular complexity index is 1640. The lowest BCUT2D eigenvalue weighted by Crippen LogP contribution is -2.22. The zero-order valence-corrected chi connectivity index (χ0v) is 21.8. The van der Waals surface area contributed by atoms with Crippen LogP contribution in [0.25, 0.3) is 21.8 Å². The van der Waals surface area contributed by atoms with Gasteiger partial charge in [0.1, 0.15) is 5.75 Å². The van der Waals surface area contributed by atoms with Crippen molar-refractivity contribution in [1.29, 1.82) is 0 Å². The average molecular weight is 519 g/mol. The number of carbonyl (C=O) groups excluding carboxylic acids is 1. The first-order chi connectivity index (χ1) is 19.0. The second-order valence-corrected chi connectivity index (χ2v) is 9.68. The lowest BCUT2D eigenvalue weighted by atomic mass is 10.0. The van der Waals surface area contributed by atoms with Gasteiger partial charge in [-0.1, -0.05) is 72.8 Å². The molecule has 5 rings (SSSR count). The summed E-state index contributed by atoms with van der Waals surface area (Å²) >= 11 is 0. The number of aliphatic imine (C=N–C) groups is 1. The van der Waals surface area contributed by atoms with Crippen molar-refractivity contribution in [2.75, 3.05) is 6.61 Å². The number of aliphatic carboxylic acids is 1. The van der Waals surface area contributed by atoms with Gasteiger partial charge >= 0.3 is 5.97 Å². The predicted molar refractivity (Wildman–Crippen MR) is 155 cm³/mol. The fourth-order valence-corrected chi connectivity index (χ4v) is 4.75. The third-order valence-electron chi connectivity index (χ3n) is 6.76. The summed E-state index contributed by atoms with van der Waals surface area (Å²) in [5.41, 5.74) is 5.37. The van der Waals surface area contributed by atoms with E-state index >= 15 is 0 Å². The maximum Gasteiger partial charge on any atom is 0.328 e. The number of hydrogen-bond acceptors (Lipinski definition) is 4. The average Bonchev–Trinajstić information content (AvgIpc) is 3.32. The fraction of sp³-hybridized carbons (Fsp3) is 0.182. The normalized spacial score (nSPS) is 12.5. The zero-order chi connectivity index (χ0) is 27.2. The molecule has 0 spiro atoms. The molecule has 0 saturated carbocycles. The molecule has 0 saturated heterocycles.